The van der Waals surface area contributed by atoms with Gasteiger partial charge in [-0.3, -0.25) is 4.79 Å². The number of carbonyl (C=O) groups excluding carboxylic acids is 1. The molecular weight excluding hydrogens is 346 g/mol. The largest absolute Gasteiger partial charge is 0.494 e. The lowest BCUT2D eigenvalue weighted by Gasteiger charge is -2.05. The molecule has 0 fully saturated rings. The third kappa shape index (κ3) is 4.01. The predicted octanol–water partition coefficient (Wildman–Crippen LogP) is 4.35. The summed E-state index contributed by atoms with van der Waals surface area (Å²) in [6.45, 7) is 2.56. The first-order valence-corrected chi connectivity index (χ1v) is 8.82. The smallest absolute Gasteiger partial charge is 0.234 e. The van der Waals surface area contributed by atoms with Gasteiger partial charge in [0.05, 0.1) is 34.1 Å². The van der Waals surface area contributed by atoms with Crippen LogP contribution in [0.5, 0.6) is 5.75 Å². The van der Waals surface area contributed by atoms with E-state index in [0.29, 0.717) is 22.5 Å². The zero-order valence-electron chi connectivity index (χ0n) is 13.0. The number of para-hydroxylation sites is 1. The summed E-state index contributed by atoms with van der Waals surface area (Å²) in [4.78, 5) is 19.7. The van der Waals surface area contributed by atoms with Gasteiger partial charge in [0.1, 0.15) is 5.75 Å². The second-order valence-electron chi connectivity index (χ2n) is 4.97. The first-order chi connectivity index (χ1) is 11.7. The number of fused-ring (bicyclic) bond motifs is 1. The number of nitrogens with one attached hydrogen (secondary N) is 2. The average Bonchev–Trinajstić information content (AvgIpc) is 2.98. The summed E-state index contributed by atoms with van der Waals surface area (Å²) in [6.07, 6.45) is 0. The average molecular weight is 362 g/mol. The van der Waals surface area contributed by atoms with Crippen LogP contribution in [0.1, 0.15) is 6.92 Å². The van der Waals surface area contributed by atoms with Crippen molar-refractivity contribution in [1.82, 2.24) is 9.97 Å². The number of rotatable bonds is 6. The van der Waals surface area contributed by atoms with E-state index in [2.05, 4.69) is 15.3 Å². The number of amides is 1. The van der Waals surface area contributed by atoms with Crippen LogP contribution in [-0.4, -0.2) is 28.2 Å². The highest BCUT2D eigenvalue weighted by Gasteiger charge is 2.09. The topological polar surface area (TPSA) is 67.0 Å². The Bertz CT molecular complexity index is 866. The van der Waals surface area contributed by atoms with Gasteiger partial charge in [0.15, 0.2) is 5.16 Å². The predicted molar refractivity (Wildman–Crippen MR) is 98.1 cm³/mol. The fourth-order valence-electron chi connectivity index (χ4n) is 2.17. The Balaban J connectivity index is 1.62. The van der Waals surface area contributed by atoms with E-state index in [4.69, 9.17) is 16.3 Å². The normalized spacial score (nSPS) is 10.8. The van der Waals surface area contributed by atoms with Gasteiger partial charge >= 0.3 is 0 Å². The van der Waals surface area contributed by atoms with E-state index in [1.807, 2.05) is 37.3 Å². The minimum absolute atomic E-state index is 0.136. The van der Waals surface area contributed by atoms with E-state index in [1.165, 1.54) is 11.8 Å². The van der Waals surface area contributed by atoms with Crippen LogP contribution in [0.2, 0.25) is 5.02 Å². The molecule has 0 aliphatic rings. The third-order valence-electron chi connectivity index (χ3n) is 3.23. The van der Waals surface area contributed by atoms with Crippen LogP contribution in [0.4, 0.5) is 5.69 Å². The van der Waals surface area contributed by atoms with Gasteiger partial charge in [0.25, 0.3) is 0 Å². The molecule has 5 nitrogen and oxygen atoms in total. The van der Waals surface area contributed by atoms with E-state index >= 15 is 0 Å². The van der Waals surface area contributed by atoms with Gasteiger partial charge in [-0.25, -0.2) is 4.98 Å². The number of aromatic amines is 1. The first kappa shape index (κ1) is 16.7. The molecule has 3 aromatic rings. The van der Waals surface area contributed by atoms with Crippen molar-refractivity contribution in [2.24, 2.45) is 0 Å². The van der Waals surface area contributed by atoms with E-state index < -0.39 is 0 Å². The van der Waals surface area contributed by atoms with Crippen LogP contribution in [0.25, 0.3) is 11.0 Å². The molecule has 2 N–H and O–H groups in total. The summed E-state index contributed by atoms with van der Waals surface area (Å²) in [7, 11) is 0. The number of anilines is 1. The second-order valence-corrected chi connectivity index (χ2v) is 6.34. The fraction of sp³-hybridized carbons (Fsp3) is 0.176. The van der Waals surface area contributed by atoms with Crippen LogP contribution in [0, 0.1) is 0 Å². The summed E-state index contributed by atoms with van der Waals surface area (Å²) in [5, 5.41) is 3.99. The van der Waals surface area contributed by atoms with Gasteiger partial charge in [-0.15, -0.1) is 0 Å². The van der Waals surface area contributed by atoms with E-state index in [-0.39, 0.29) is 11.7 Å². The molecule has 0 radical (unpaired) electrons. The standard InChI is InChI=1S/C17H16ClN3O2S/c1-2-23-11-7-8-14-15(9-11)21-17(20-14)24-10-16(22)19-13-6-4-3-5-12(13)18/h3-9H,2,10H2,1H3,(H,19,22)(H,20,21). The number of hydrogen-bond acceptors (Lipinski definition) is 4. The fourth-order valence-corrected chi connectivity index (χ4v) is 3.04. The summed E-state index contributed by atoms with van der Waals surface area (Å²) in [5.74, 6) is 0.897. The molecule has 1 amide bonds. The van der Waals surface area contributed by atoms with Gasteiger partial charge in [0.2, 0.25) is 5.91 Å². The molecule has 0 spiro atoms. The van der Waals surface area contributed by atoms with Crippen LogP contribution in [-0.2, 0) is 4.79 Å². The monoisotopic (exact) mass is 361 g/mol. The summed E-state index contributed by atoms with van der Waals surface area (Å²) in [5.41, 5.74) is 2.33. The number of ether oxygens (including phenoxy) is 1. The Hall–Kier alpha value is -2.18. The van der Waals surface area contributed by atoms with Gasteiger partial charge in [0, 0.05) is 6.07 Å². The number of aromatic nitrogens is 2. The van der Waals surface area contributed by atoms with Crippen LogP contribution < -0.4 is 10.1 Å². The number of carbonyl (C=O) groups is 1. The van der Waals surface area contributed by atoms with Gasteiger partial charge < -0.3 is 15.0 Å². The highest BCUT2D eigenvalue weighted by Crippen LogP contribution is 2.24. The summed E-state index contributed by atoms with van der Waals surface area (Å²) >= 11 is 7.36. The second kappa shape index (κ2) is 7.59. The van der Waals surface area contributed by atoms with Crippen molar-refractivity contribution in [3.63, 3.8) is 0 Å². The van der Waals surface area contributed by atoms with E-state index in [1.54, 1.807) is 12.1 Å². The maximum Gasteiger partial charge on any atom is 0.234 e. The Labute approximate surface area is 148 Å². The Morgan fingerprint density at radius 1 is 1.33 bits per heavy atom. The lowest BCUT2D eigenvalue weighted by atomic mass is 10.3. The molecule has 124 valence electrons. The highest BCUT2D eigenvalue weighted by molar-refractivity contribution is 7.99. The maximum absolute atomic E-state index is 12.0. The number of H-pyrrole nitrogens is 1. The molecule has 0 bridgehead atoms. The van der Waals surface area contributed by atoms with Crippen molar-refractivity contribution in [3.05, 3.63) is 47.5 Å². The molecular formula is C17H16ClN3O2S. The zero-order valence-corrected chi connectivity index (χ0v) is 14.6. The summed E-state index contributed by atoms with van der Waals surface area (Å²) in [6, 6.07) is 12.8. The number of imidazole rings is 1. The quantitative estimate of drug-likeness (QED) is 0.641. The molecule has 1 aromatic heterocycles. The molecule has 2 aromatic carbocycles. The molecule has 0 aliphatic carbocycles. The van der Waals surface area contributed by atoms with Gasteiger partial charge in [-0.1, -0.05) is 35.5 Å². The van der Waals surface area contributed by atoms with E-state index in [0.717, 1.165) is 16.8 Å². The molecule has 0 aliphatic heterocycles. The molecule has 24 heavy (non-hydrogen) atoms. The molecule has 0 unspecified atom stereocenters. The number of thioether (sulfide) groups is 1. The van der Waals surface area contributed by atoms with Gasteiger partial charge in [-0.2, -0.15) is 0 Å². The van der Waals surface area contributed by atoms with Crippen molar-refractivity contribution in [2.75, 3.05) is 17.7 Å². The maximum atomic E-state index is 12.0. The van der Waals surface area contributed by atoms with Crippen molar-refractivity contribution in [3.8, 4) is 5.75 Å². The Morgan fingerprint density at radius 3 is 2.96 bits per heavy atom. The first-order valence-electron chi connectivity index (χ1n) is 7.45. The Kier molecular flexibility index (Phi) is 5.27. The zero-order chi connectivity index (χ0) is 16.9. The van der Waals surface area contributed by atoms with Crippen molar-refractivity contribution < 1.29 is 9.53 Å². The minimum atomic E-state index is -0.136. The lowest BCUT2D eigenvalue weighted by molar-refractivity contribution is -0.113. The molecule has 0 saturated carbocycles. The lowest BCUT2D eigenvalue weighted by Crippen LogP contribution is -2.14. The van der Waals surface area contributed by atoms with Crippen LogP contribution in [0.15, 0.2) is 47.6 Å². The highest BCUT2D eigenvalue weighted by atomic mass is 35.5. The molecule has 0 saturated heterocycles. The van der Waals surface area contributed by atoms with Gasteiger partial charge in [-0.05, 0) is 31.2 Å². The molecule has 0 atom stereocenters. The SMILES string of the molecule is CCOc1ccc2nc(SCC(=O)Nc3ccccc3Cl)[nH]c2c1. The molecule has 3 rings (SSSR count). The Morgan fingerprint density at radius 2 is 2.17 bits per heavy atom. The third-order valence-corrected chi connectivity index (χ3v) is 4.43. The van der Waals surface area contributed by atoms with Crippen LogP contribution in [0.3, 0.4) is 0 Å². The van der Waals surface area contributed by atoms with Crippen molar-refractivity contribution in [2.45, 2.75) is 12.1 Å². The van der Waals surface area contributed by atoms with Crippen molar-refractivity contribution >= 4 is 46.0 Å². The van der Waals surface area contributed by atoms with E-state index in [9.17, 15) is 4.79 Å². The summed E-state index contributed by atoms with van der Waals surface area (Å²) < 4.78 is 5.47. The molecule has 1 heterocycles. The van der Waals surface area contributed by atoms with Crippen LogP contribution >= 0.6 is 23.4 Å². The number of benzene rings is 2. The number of nitrogens with zero attached hydrogens (tertiary/aromatic N) is 1. The molecule has 7 heteroatoms. The minimum Gasteiger partial charge on any atom is -0.494 e. The van der Waals surface area contributed by atoms with Crippen molar-refractivity contribution in [1.29, 1.82) is 0 Å². The number of hydrogen-bond donors (Lipinski definition) is 2. The number of halogens is 1.